The van der Waals surface area contributed by atoms with E-state index in [-0.39, 0.29) is 12.0 Å². The van der Waals surface area contributed by atoms with Crippen molar-refractivity contribution < 1.29 is 4.79 Å². The van der Waals surface area contributed by atoms with E-state index in [1.807, 2.05) is 0 Å². The molecule has 0 N–H and O–H groups in total. The molecular weight excluding hydrogens is 428 g/mol. The van der Waals surface area contributed by atoms with Crippen molar-refractivity contribution in [1.82, 2.24) is 9.47 Å². The maximum absolute atomic E-state index is 13.6. The Bertz CT molecular complexity index is 1330. The number of hydrogen-bond acceptors (Lipinski definition) is 1. The van der Waals surface area contributed by atoms with Gasteiger partial charge in [0, 0.05) is 40.7 Å². The van der Waals surface area contributed by atoms with Gasteiger partial charge in [-0.05, 0) is 68.7 Å². The van der Waals surface area contributed by atoms with Gasteiger partial charge in [-0.3, -0.25) is 4.79 Å². The van der Waals surface area contributed by atoms with Crippen LogP contribution in [0.2, 0.25) is 0 Å². The van der Waals surface area contributed by atoms with Crippen LogP contribution in [-0.4, -0.2) is 21.9 Å². The minimum Gasteiger partial charge on any atom is -0.337 e. The van der Waals surface area contributed by atoms with E-state index >= 15 is 0 Å². The molecule has 2 fully saturated rings. The Balaban J connectivity index is 1.24. The summed E-state index contributed by atoms with van der Waals surface area (Å²) in [6.45, 7) is 3.10. The second-order valence-electron chi connectivity index (χ2n) is 10.4. The summed E-state index contributed by atoms with van der Waals surface area (Å²) < 4.78 is 2.57. The summed E-state index contributed by atoms with van der Waals surface area (Å²) in [5, 5.41) is 1.30. The molecule has 3 nitrogen and oxygen atoms in total. The van der Waals surface area contributed by atoms with Crippen LogP contribution in [0.5, 0.6) is 0 Å². The second kappa shape index (κ2) is 9.37. The number of hydrogen-bond donors (Lipinski definition) is 0. The molecule has 0 radical (unpaired) electrons. The van der Waals surface area contributed by atoms with E-state index in [4.69, 9.17) is 0 Å². The largest absolute Gasteiger partial charge is 0.337 e. The van der Waals surface area contributed by atoms with Gasteiger partial charge < -0.3 is 9.47 Å². The summed E-state index contributed by atoms with van der Waals surface area (Å²) in [5.74, 6) is 0.533. The SMILES string of the molecule is Cc1ccccc1-c1cc2ccccc2n1C1CCC(C(=O)N2CCCC2c2ccccc2)CC1. The lowest BCUT2D eigenvalue weighted by Crippen LogP contribution is -2.37. The Hall–Kier alpha value is -3.33. The lowest BCUT2D eigenvalue weighted by molar-refractivity contribution is -0.137. The summed E-state index contributed by atoms with van der Waals surface area (Å²) in [6, 6.07) is 31.1. The monoisotopic (exact) mass is 462 g/mol. The first-order chi connectivity index (χ1) is 17.2. The van der Waals surface area contributed by atoms with Crippen molar-refractivity contribution in [3.63, 3.8) is 0 Å². The molecule has 1 unspecified atom stereocenters. The number of aryl methyl sites for hydroxylation is 1. The van der Waals surface area contributed by atoms with Gasteiger partial charge in [-0.1, -0.05) is 72.8 Å². The summed E-state index contributed by atoms with van der Waals surface area (Å²) in [6.07, 6.45) is 6.24. The third-order valence-electron chi connectivity index (χ3n) is 8.30. The van der Waals surface area contributed by atoms with Gasteiger partial charge in [0.15, 0.2) is 0 Å². The summed E-state index contributed by atoms with van der Waals surface area (Å²) >= 11 is 0. The summed E-state index contributed by atoms with van der Waals surface area (Å²) in [4.78, 5) is 15.8. The molecule has 1 saturated carbocycles. The smallest absolute Gasteiger partial charge is 0.226 e. The fourth-order valence-electron chi connectivity index (χ4n) is 6.50. The lowest BCUT2D eigenvalue weighted by atomic mass is 9.84. The average molecular weight is 463 g/mol. The quantitative estimate of drug-likeness (QED) is 0.305. The van der Waals surface area contributed by atoms with Crippen molar-refractivity contribution in [3.05, 3.63) is 96.1 Å². The van der Waals surface area contributed by atoms with Crippen molar-refractivity contribution in [3.8, 4) is 11.3 Å². The molecule has 1 aliphatic carbocycles. The van der Waals surface area contributed by atoms with Gasteiger partial charge in [0.05, 0.1) is 6.04 Å². The molecule has 3 aromatic carbocycles. The van der Waals surface area contributed by atoms with Crippen LogP contribution in [0, 0.1) is 12.8 Å². The Kier molecular flexibility index (Phi) is 5.93. The molecule has 35 heavy (non-hydrogen) atoms. The molecule has 1 saturated heterocycles. The zero-order valence-corrected chi connectivity index (χ0v) is 20.6. The average Bonchev–Trinajstić information content (AvgIpc) is 3.55. The number of carbonyl (C=O) groups is 1. The molecule has 6 rings (SSSR count). The van der Waals surface area contributed by atoms with E-state index in [1.165, 1.54) is 33.3 Å². The highest BCUT2D eigenvalue weighted by atomic mass is 16.2. The minimum atomic E-state index is 0.152. The molecule has 4 aromatic rings. The third kappa shape index (κ3) is 4.07. The predicted octanol–water partition coefficient (Wildman–Crippen LogP) is 7.71. The van der Waals surface area contributed by atoms with Gasteiger partial charge in [-0.2, -0.15) is 0 Å². The number of nitrogens with zero attached hydrogens (tertiary/aromatic N) is 2. The van der Waals surface area contributed by atoms with Gasteiger partial charge in [-0.15, -0.1) is 0 Å². The Labute approximate surface area is 208 Å². The molecule has 0 bridgehead atoms. The molecule has 1 amide bonds. The summed E-state index contributed by atoms with van der Waals surface area (Å²) in [5.41, 5.74) is 6.52. The van der Waals surface area contributed by atoms with Crippen LogP contribution in [0.3, 0.4) is 0 Å². The Morgan fingerprint density at radius 3 is 2.31 bits per heavy atom. The normalized spacial score (nSPS) is 22.5. The highest BCUT2D eigenvalue weighted by molar-refractivity contribution is 5.88. The fourth-order valence-corrected chi connectivity index (χ4v) is 6.50. The van der Waals surface area contributed by atoms with E-state index in [0.29, 0.717) is 11.9 Å². The lowest BCUT2D eigenvalue weighted by Gasteiger charge is -2.34. The highest BCUT2D eigenvalue weighted by Gasteiger charge is 2.36. The van der Waals surface area contributed by atoms with Gasteiger partial charge in [0.25, 0.3) is 0 Å². The molecular formula is C32H34N2O. The number of aromatic nitrogens is 1. The van der Waals surface area contributed by atoms with Crippen molar-refractivity contribution >= 4 is 16.8 Å². The van der Waals surface area contributed by atoms with Crippen molar-refractivity contribution in [1.29, 1.82) is 0 Å². The van der Waals surface area contributed by atoms with Crippen LogP contribution in [0.1, 0.15) is 61.7 Å². The standard InChI is InChI=1S/C32H34N2O/c1-23-10-5-7-14-28(23)31-22-26-13-6-8-15-30(26)34(31)27-19-17-25(18-20-27)32(35)33-21-9-16-29(33)24-11-3-2-4-12-24/h2-8,10-15,22,25,27,29H,9,16-21H2,1H3. The number of benzene rings is 3. The number of rotatable bonds is 4. The molecule has 0 spiro atoms. The molecule has 1 atom stereocenters. The number of likely N-dealkylation sites (tertiary alicyclic amines) is 1. The fraction of sp³-hybridized carbons (Fsp3) is 0.344. The number of fused-ring (bicyclic) bond motifs is 1. The first kappa shape index (κ1) is 22.2. The minimum absolute atomic E-state index is 0.152. The van der Waals surface area contributed by atoms with Crippen LogP contribution in [0.15, 0.2) is 84.9 Å². The first-order valence-corrected chi connectivity index (χ1v) is 13.2. The maximum atomic E-state index is 13.6. The van der Waals surface area contributed by atoms with Gasteiger partial charge in [-0.25, -0.2) is 0 Å². The topological polar surface area (TPSA) is 25.2 Å². The van der Waals surface area contributed by atoms with E-state index in [0.717, 1.165) is 45.1 Å². The number of para-hydroxylation sites is 1. The molecule has 2 heterocycles. The summed E-state index contributed by atoms with van der Waals surface area (Å²) in [7, 11) is 0. The molecule has 1 aromatic heterocycles. The highest BCUT2D eigenvalue weighted by Crippen LogP contribution is 2.42. The van der Waals surface area contributed by atoms with Gasteiger partial charge >= 0.3 is 0 Å². The van der Waals surface area contributed by atoms with Gasteiger partial charge in [0.2, 0.25) is 5.91 Å². The van der Waals surface area contributed by atoms with Gasteiger partial charge in [0.1, 0.15) is 0 Å². The number of carbonyl (C=O) groups excluding carboxylic acids is 1. The molecule has 1 aliphatic heterocycles. The van der Waals surface area contributed by atoms with Crippen molar-refractivity contribution in [2.75, 3.05) is 6.54 Å². The van der Waals surface area contributed by atoms with Crippen LogP contribution in [-0.2, 0) is 4.79 Å². The zero-order valence-electron chi connectivity index (χ0n) is 20.6. The molecule has 178 valence electrons. The van der Waals surface area contributed by atoms with E-state index in [9.17, 15) is 4.79 Å². The van der Waals surface area contributed by atoms with Crippen LogP contribution in [0.25, 0.3) is 22.2 Å². The van der Waals surface area contributed by atoms with E-state index in [2.05, 4.69) is 101 Å². The second-order valence-corrected chi connectivity index (χ2v) is 10.4. The van der Waals surface area contributed by atoms with Crippen molar-refractivity contribution in [2.24, 2.45) is 5.92 Å². The van der Waals surface area contributed by atoms with Crippen LogP contribution < -0.4 is 0 Å². The van der Waals surface area contributed by atoms with E-state index in [1.54, 1.807) is 0 Å². The Morgan fingerprint density at radius 2 is 1.51 bits per heavy atom. The van der Waals surface area contributed by atoms with Crippen LogP contribution in [0.4, 0.5) is 0 Å². The van der Waals surface area contributed by atoms with Crippen LogP contribution >= 0.6 is 0 Å². The maximum Gasteiger partial charge on any atom is 0.226 e. The zero-order chi connectivity index (χ0) is 23.8. The molecule has 2 aliphatic rings. The number of amides is 1. The third-order valence-corrected chi connectivity index (χ3v) is 8.30. The Morgan fingerprint density at radius 1 is 0.800 bits per heavy atom. The first-order valence-electron chi connectivity index (χ1n) is 13.2. The predicted molar refractivity (Wildman–Crippen MR) is 143 cm³/mol. The molecule has 3 heteroatoms. The van der Waals surface area contributed by atoms with E-state index < -0.39 is 0 Å². The van der Waals surface area contributed by atoms with Crippen molar-refractivity contribution in [2.45, 2.75) is 57.5 Å².